The smallest absolute Gasteiger partial charge is 0.243 e. The van der Waals surface area contributed by atoms with Crippen molar-refractivity contribution in [2.45, 2.75) is 43.8 Å². The number of aromatic hydroxyl groups is 1. The van der Waals surface area contributed by atoms with Crippen molar-refractivity contribution in [3.63, 3.8) is 0 Å². The number of nitrogens with one attached hydrogen (secondary N) is 3. The van der Waals surface area contributed by atoms with Crippen molar-refractivity contribution in [3.05, 3.63) is 65.9 Å². The number of carbonyl (C=O) groups excluding carboxylic acids is 4. The first-order chi connectivity index (χ1) is 18.2. The van der Waals surface area contributed by atoms with Gasteiger partial charge in [-0.15, -0.1) is 0 Å². The molecule has 4 rings (SSSR count). The number of fused-ring (bicyclic) bond motifs is 1. The quantitative estimate of drug-likeness (QED) is 0.220. The Morgan fingerprint density at radius 3 is 2.55 bits per heavy atom. The zero-order chi connectivity index (χ0) is 27.2. The van der Waals surface area contributed by atoms with Gasteiger partial charge in [0.2, 0.25) is 23.6 Å². The zero-order valence-corrected chi connectivity index (χ0v) is 20.9. The number of aromatic amines is 1. The number of amides is 4. The molecule has 1 aliphatic heterocycles. The second-order valence-electron chi connectivity index (χ2n) is 9.48. The predicted octanol–water partition coefficient (Wildman–Crippen LogP) is 0.0633. The molecular weight excluding hydrogens is 488 g/mol. The lowest BCUT2D eigenvalue weighted by molar-refractivity contribution is -0.140. The van der Waals surface area contributed by atoms with E-state index in [1.807, 2.05) is 24.3 Å². The lowest BCUT2D eigenvalue weighted by Crippen LogP contribution is -2.56. The second kappa shape index (κ2) is 11.8. The van der Waals surface area contributed by atoms with Crippen molar-refractivity contribution >= 4 is 34.5 Å². The van der Waals surface area contributed by atoms with E-state index in [2.05, 4.69) is 15.6 Å². The van der Waals surface area contributed by atoms with Gasteiger partial charge >= 0.3 is 0 Å². The van der Waals surface area contributed by atoms with Crippen molar-refractivity contribution in [1.29, 1.82) is 0 Å². The zero-order valence-electron chi connectivity index (χ0n) is 20.9. The maximum absolute atomic E-state index is 13.4. The van der Waals surface area contributed by atoms with Crippen LogP contribution in [0.1, 0.15) is 24.0 Å². The van der Waals surface area contributed by atoms with Crippen LogP contribution < -0.4 is 22.1 Å². The summed E-state index contributed by atoms with van der Waals surface area (Å²) in [5.74, 6) is -1.96. The molecule has 11 nitrogen and oxygen atoms in total. The average molecular weight is 521 g/mol. The van der Waals surface area contributed by atoms with Gasteiger partial charge in [-0.05, 0) is 48.6 Å². The van der Waals surface area contributed by atoms with Crippen LogP contribution in [0.3, 0.4) is 0 Å². The summed E-state index contributed by atoms with van der Waals surface area (Å²) < 4.78 is 0. The molecule has 0 radical (unpaired) electrons. The molecule has 2 aromatic carbocycles. The fourth-order valence-electron chi connectivity index (χ4n) is 4.78. The van der Waals surface area contributed by atoms with Gasteiger partial charge in [-0.2, -0.15) is 0 Å². The number of aromatic nitrogens is 1. The first-order valence-corrected chi connectivity index (χ1v) is 12.5. The van der Waals surface area contributed by atoms with Gasteiger partial charge in [-0.1, -0.05) is 30.3 Å². The topological polar surface area (TPSA) is 184 Å². The van der Waals surface area contributed by atoms with E-state index in [0.29, 0.717) is 19.4 Å². The number of benzene rings is 2. The normalized spacial score (nSPS) is 16.7. The summed E-state index contributed by atoms with van der Waals surface area (Å²) in [5, 5.41) is 15.6. The molecule has 8 N–H and O–H groups in total. The number of H-pyrrole nitrogens is 1. The SMILES string of the molecule is NC(=O)CNC(=O)[C@H](Cc1c[nH]c2ccccc12)NC(=O)[C@@H]1CCCN1C(=O)[C@H](N)Cc1ccc(O)cc1. The van der Waals surface area contributed by atoms with Gasteiger partial charge in [0.1, 0.15) is 17.8 Å². The van der Waals surface area contributed by atoms with Crippen LogP contribution >= 0.6 is 0 Å². The molecule has 2 heterocycles. The van der Waals surface area contributed by atoms with Gasteiger partial charge in [-0.25, -0.2) is 0 Å². The summed E-state index contributed by atoms with van der Waals surface area (Å²) in [4.78, 5) is 55.3. The van der Waals surface area contributed by atoms with E-state index in [1.54, 1.807) is 18.3 Å². The molecule has 0 spiro atoms. The molecule has 38 heavy (non-hydrogen) atoms. The number of primary amides is 1. The highest BCUT2D eigenvalue weighted by atomic mass is 16.3. The van der Waals surface area contributed by atoms with Crippen LogP contribution in [0.15, 0.2) is 54.7 Å². The van der Waals surface area contributed by atoms with E-state index < -0.39 is 35.8 Å². The molecule has 11 heteroatoms. The fraction of sp³-hybridized carbons (Fsp3) is 0.333. The van der Waals surface area contributed by atoms with Crippen molar-refractivity contribution in [3.8, 4) is 5.75 Å². The summed E-state index contributed by atoms with van der Waals surface area (Å²) in [5.41, 5.74) is 13.9. The monoisotopic (exact) mass is 520 g/mol. The highest BCUT2D eigenvalue weighted by molar-refractivity contribution is 5.95. The molecule has 200 valence electrons. The molecule has 1 fully saturated rings. The standard InChI is InChI=1S/C27H32N6O5/c28-20(12-16-7-9-18(34)10-8-16)27(38)33-11-3-6-23(33)26(37)32-22(25(36)31-15-24(29)35)13-17-14-30-21-5-2-1-4-19(17)21/h1-2,4-5,7-10,14,20,22-23,30,34H,3,6,11-13,15,28H2,(H2,29,35)(H,31,36)(H,32,37)/t20-,22+,23+/m1/s1. The minimum Gasteiger partial charge on any atom is -0.508 e. The summed E-state index contributed by atoms with van der Waals surface area (Å²) in [6.07, 6.45) is 3.26. The van der Waals surface area contributed by atoms with Gasteiger partial charge in [0.15, 0.2) is 0 Å². The van der Waals surface area contributed by atoms with Gasteiger partial charge in [0, 0.05) is 30.1 Å². The molecule has 3 atom stereocenters. The van der Waals surface area contributed by atoms with Gasteiger partial charge < -0.3 is 37.1 Å². The van der Waals surface area contributed by atoms with E-state index in [1.165, 1.54) is 17.0 Å². The summed E-state index contributed by atoms with van der Waals surface area (Å²) in [6, 6.07) is 11.4. The molecule has 0 aliphatic carbocycles. The van der Waals surface area contributed by atoms with Gasteiger partial charge in [-0.3, -0.25) is 19.2 Å². The van der Waals surface area contributed by atoms with Crippen molar-refractivity contribution in [2.75, 3.05) is 13.1 Å². The third kappa shape index (κ3) is 6.30. The third-order valence-corrected chi connectivity index (χ3v) is 6.72. The number of hydrogen-bond donors (Lipinski definition) is 6. The molecule has 1 aliphatic rings. The summed E-state index contributed by atoms with van der Waals surface area (Å²) in [7, 11) is 0. The van der Waals surface area contributed by atoms with Gasteiger partial charge in [0.05, 0.1) is 12.6 Å². The molecule has 0 saturated carbocycles. The van der Waals surface area contributed by atoms with Crippen molar-refractivity contribution in [1.82, 2.24) is 20.5 Å². The Balaban J connectivity index is 1.47. The molecule has 1 aromatic heterocycles. The van der Waals surface area contributed by atoms with Gasteiger partial charge in [0.25, 0.3) is 0 Å². The van der Waals surface area contributed by atoms with Crippen LogP contribution in [-0.2, 0) is 32.0 Å². The molecule has 4 amide bonds. The number of rotatable bonds is 10. The van der Waals surface area contributed by atoms with E-state index >= 15 is 0 Å². The molecular formula is C27H32N6O5. The van der Waals surface area contributed by atoms with Crippen LogP contribution in [-0.4, -0.2) is 69.8 Å². The predicted molar refractivity (Wildman–Crippen MR) is 141 cm³/mol. The van der Waals surface area contributed by atoms with Crippen molar-refractivity contribution in [2.24, 2.45) is 11.5 Å². The Bertz CT molecular complexity index is 1320. The molecule has 3 aromatic rings. The number of nitrogens with two attached hydrogens (primary N) is 2. The number of phenols is 1. The van der Waals surface area contributed by atoms with Crippen LogP contribution in [0.4, 0.5) is 0 Å². The Hall–Kier alpha value is -4.38. The maximum Gasteiger partial charge on any atom is 0.243 e. The summed E-state index contributed by atoms with van der Waals surface area (Å²) in [6.45, 7) is 0.0143. The van der Waals surface area contributed by atoms with E-state index in [9.17, 15) is 24.3 Å². The highest BCUT2D eigenvalue weighted by Gasteiger charge is 2.37. The lowest BCUT2D eigenvalue weighted by atomic mass is 10.0. The molecule has 0 bridgehead atoms. The Labute approximate surface area is 219 Å². The average Bonchev–Trinajstić information content (AvgIpc) is 3.55. The summed E-state index contributed by atoms with van der Waals surface area (Å²) >= 11 is 0. The molecule has 1 saturated heterocycles. The van der Waals surface area contributed by atoms with Crippen molar-refractivity contribution < 1.29 is 24.3 Å². The largest absolute Gasteiger partial charge is 0.508 e. The van der Waals surface area contributed by atoms with Crippen LogP contribution in [0.25, 0.3) is 10.9 Å². The lowest BCUT2D eigenvalue weighted by Gasteiger charge is -2.28. The van der Waals surface area contributed by atoms with Crippen LogP contribution in [0, 0.1) is 0 Å². The number of hydrogen-bond acceptors (Lipinski definition) is 6. The van der Waals surface area contributed by atoms with E-state index in [4.69, 9.17) is 11.5 Å². The van der Waals surface area contributed by atoms with Crippen LogP contribution in [0.2, 0.25) is 0 Å². The number of para-hydroxylation sites is 1. The Morgan fingerprint density at radius 2 is 1.82 bits per heavy atom. The minimum atomic E-state index is -0.996. The Kier molecular flexibility index (Phi) is 8.27. The minimum absolute atomic E-state index is 0.118. The number of nitrogens with zero attached hydrogens (tertiary/aromatic N) is 1. The van der Waals surface area contributed by atoms with E-state index in [-0.39, 0.29) is 31.0 Å². The number of carbonyl (C=O) groups is 4. The second-order valence-corrected chi connectivity index (χ2v) is 9.48. The van der Waals surface area contributed by atoms with E-state index in [0.717, 1.165) is 22.0 Å². The number of likely N-dealkylation sites (tertiary alicyclic amines) is 1. The fourth-order valence-corrected chi connectivity index (χ4v) is 4.78. The third-order valence-electron chi connectivity index (χ3n) is 6.72. The first kappa shape index (κ1) is 26.7. The van der Waals surface area contributed by atoms with Crippen LogP contribution in [0.5, 0.6) is 5.75 Å². The first-order valence-electron chi connectivity index (χ1n) is 12.5. The highest BCUT2D eigenvalue weighted by Crippen LogP contribution is 2.22. The molecule has 0 unspecified atom stereocenters. The number of phenolic OH excluding ortho intramolecular Hbond substituents is 1. The maximum atomic E-state index is 13.4. The Morgan fingerprint density at radius 1 is 1.08 bits per heavy atom.